The smallest absolute Gasteiger partial charge is 0.222 e. The lowest BCUT2D eigenvalue weighted by atomic mass is 10.1. The number of rotatable bonds is 7. The summed E-state index contributed by atoms with van der Waals surface area (Å²) in [6.07, 6.45) is 2.19. The summed E-state index contributed by atoms with van der Waals surface area (Å²) in [5.74, 6) is 1.42. The molecule has 5 nitrogen and oxygen atoms in total. The van der Waals surface area contributed by atoms with Gasteiger partial charge in [0.25, 0.3) is 0 Å². The minimum Gasteiger partial charge on any atom is -0.493 e. The van der Waals surface area contributed by atoms with Gasteiger partial charge in [-0.15, -0.1) is 0 Å². The van der Waals surface area contributed by atoms with Crippen LogP contribution in [-0.4, -0.2) is 30.0 Å². The molecule has 0 saturated carbocycles. The van der Waals surface area contributed by atoms with E-state index in [1.165, 1.54) is 0 Å². The van der Waals surface area contributed by atoms with Crippen LogP contribution in [0.4, 0.5) is 0 Å². The van der Waals surface area contributed by atoms with E-state index in [2.05, 4.69) is 4.98 Å². The van der Waals surface area contributed by atoms with Gasteiger partial charge in [-0.3, -0.25) is 9.78 Å². The van der Waals surface area contributed by atoms with E-state index in [-0.39, 0.29) is 5.91 Å². The number of hydrogen-bond acceptors (Lipinski definition) is 4. The van der Waals surface area contributed by atoms with Crippen molar-refractivity contribution in [2.45, 2.75) is 26.4 Å². The third-order valence-electron chi connectivity index (χ3n) is 3.56. The van der Waals surface area contributed by atoms with Gasteiger partial charge in [0, 0.05) is 19.2 Å². The van der Waals surface area contributed by atoms with Crippen molar-refractivity contribution in [1.82, 2.24) is 9.88 Å². The highest BCUT2D eigenvalue weighted by Crippen LogP contribution is 2.28. The Balaban J connectivity index is 2.19. The molecule has 0 bridgehead atoms. The molecule has 0 spiro atoms. The SMILES string of the molecule is CCC(=O)N(Cc1ccc(OC)c(OC)c1)Cc1ccccn1. The van der Waals surface area contributed by atoms with Crippen LogP contribution < -0.4 is 9.47 Å². The first-order chi connectivity index (χ1) is 11.2. The van der Waals surface area contributed by atoms with Crippen LogP contribution in [0.2, 0.25) is 0 Å². The molecule has 1 amide bonds. The van der Waals surface area contributed by atoms with Crippen molar-refractivity contribution >= 4 is 5.91 Å². The zero-order valence-electron chi connectivity index (χ0n) is 13.8. The first kappa shape index (κ1) is 16.8. The molecule has 0 aliphatic rings. The Morgan fingerprint density at radius 1 is 1.09 bits per heavy atom. The Morgan fingerprint density at radius 3 is 2.48 bits per heavy atom. The second-order valence-electron chi connectivity index (χ2n) is 5.11. The average molecular weight is 314 g/mol. The zero-order valence-corrected chi connectivity index (χ0v) is 13.8. The summed E-state index contributed by atoms with van der Waals surface area (Å²) in [7, 11) is 3.20. The van der Waals surface area contributed by atoms with E-state index in [1.54, 1.807) is 25.3 Å². The van der Waals surface area contributed by atoms with Gasteiger partial charge in [-0.25, -0.2) is 0 Å². The topological polar surface area (TPSA) is 51.7 Å². The van der Waals surface area contributed by atoms with E-state index in [9.17, 15) is 4.79 Å². The largest absolute Gasteiger partial charge is 0.493 e. The molecular formula is C18H22N2O3. The monoisotopic (exact) mass is 314 g/mol. The molecule has 0 saturated heterocycles. The Bertz CT molecular complexity index is 644. The van der Waals surface area contributed by atoms with Gasteiger partial charge < -0.3 is 14.4 Å². The molecule has 0 fully saturated rings. The number of carbonyl (C=O) groups is 1. The summed E-state index contributed by atoms with van der Waals surface area (Å²) in [5, 5.41) is 0. The van der Waals surface area contributed by atoms with E-state index in [4.69, 9.17) is 9.47 Å². The van der Waals surface area contributed by atoms with Gasteiger partial charge in [0.15, 0.2) is 11.5 Å². The number of nitrogens with zero attached hydrogens (tertiary/aromatic N) is 2. The molecule has 1 aromatic heterocycles. The van der Waals surface area contributed by atoms with Crippen molar-refractivity contribution in [2.24, 2.45) is 0 Å². The molecular weight excluding hydrogens is 292 g/mol. The van der Waals surface area contributed by atoms with Gasteiger partial charge in [0.1, 0.15) is 0 Å². The Labute approximate surface area is 136 Å². The van der Waals surface area contributed by atoms with E-state index < -0.39 is 0 Å². The van der Waals surface area contributed by atoms with Crippen molar-refractivity contribution in [1.29, 1.82) is 0 Å². The van der Waals surface area contributed by atoms with Crippen LogP contribution in [0.5, 0.6) is 11.5 Å². The maximum Gasteiger partial charge on any atom is 0.222 e. The van der Waals surface area contributed by atoms with E-state index >= 15 is 0 Å². The molecule has 0 aliphatic carbocycles. The van der Waals surface area contributed by atoms with Gasteiger partial charge in [0.05, 0.1) is 26.5 Å². The number of pyridine rings is 1. The fourth-order valence-electron chi connectivity index (χ4n) is 2.34. The molecule has 1 aromatic carbocycles. The molecule has 23 heavy (non-hydrogen) atoms. The van der Waals surface area contributed by atoms with Crippen LogP contribution in [0.15, 0.2) is 42.6 Å². The fourth-order valence-corrected chi connectivity index (χ4v) is 2.34. The number of hydrogen-bond donors (Lipinski definition) is 0. The minimum atomic E-state index is 0.0884. The number of benzene rings is 1. The molecule has 2 rings (SSSR count). The predicted octanol–water partition coefficient (Wildman–Crippen LogP) is 3.04. The maximum atomic E-state index is 12.2. The van der Waals surface area contributed by atoms with Crippen LogP contribution in [0.25, 0.3) is 0 Å². The Hall–Kier alpha value is -2.56. The van der Waals surface area contributed by atoms with Crippen molar-refractivity contribution in [2.75, 3.05) is 14.2 Å². The molecule has 0 radical (unpaired) electrons. The summed E-state index contributed by atoms with van der Waals surface area (Å²) in [4.78, 5) is 18.3. The number of aromatic nitrogens is 1. The zero-order chi connectivity index (χ0) is 16.7. The Morgan fingerprint density at radius 2 is 1.87 bits per heavy atom. The van der Waals surface area contributed by atoms with Crippen LogP contribution in [0, 0.1) is 0 Å². The maximum absolute atomic E-state index is 12.2. The van der Waals surface area contributed by atoms with Crippen LogP contribution in [0.1, 0.15) is 24.6 Å². The Kier molecular flexibility index (Phi) is 5.97. The lowest BCUT2D eigenvalue weighted by molar-refractivity contribution is -0.132. The normalized spacial score (nSPS) is 10.2. The fraction of sp³-hybridized carbons (Fsp3) is 0.333. The summed E-state index contributed by atoms with van der Waals surface area (Å²) in [6, 6.07) is 11.4. The number of carbonyl (C=O) groups excluding carboxylic acids is 1. The molecule has 122 valence electrons. The van der Waals surface area contributed by atoms with E-state index in [1.807, 2.05) is 43.3 Å². The average Bonchev–Trinajstić information content (AvgIpc) is 2.61. The summed E-state index contributed by atoms with van der Waals surface area (Å²) in [5.41, 5.74) is 1.86. The molecule has 0 N–H and O–H groups in total. The van der Waals surface area contributed by atoms with Crippen molar-refractivity contribution in [3.63, 3.8) is 0 Å². The van der Waals surface area contributed by atoms with Crippen molar-refractivity contribution in [3.8, 4) is 11.5 Å². The van der Waals surface area contributed by atoms with E-state index in [0.717, 1.165) is 11.3 Å². The van der Waals surface area contributed by atoms with Gasteiger partial charge in [0.2, 0.25) is 5.91 Å². The molecule has 0 unspecified atom stereocenters. The van der Waals surface area contributed by atoms with Crippen LogP contribution in [-0.2, 0) is 17.9 Å². The summed E-state index contributed by atoms with van der Waals surface area (Å²) >= 11 is 0. The lowest BCUT2D eigenvalue weighted by Crippen LogP contribution is -2.29. The van der Waals surface area contributed by atoms with Crippen LogP contribution >= 0.6 is 0 Å². The quantitative estimate of drug-likeness (QED) is 0.788. The highest BCUT2D eigenvalue weighted by atomic mass is 16.5. The van der Waals surface area contributed by atoms with Crippen molar-refractivity contribution in [3.05, 3.63) is 53.9 Å². The first-order valence-corrected chi connectivity index (χ1v) is 7.56. The second kappa shape index (κ2) is 8.17. The van der Waals surface area contributed by atoms with Gasteiger partial charge >= 0.3 is 0 Å². The van der Waals surface area contributed by atoms with Crippen LogP contribution in [0.3, 0.4) is 0 Å². The number of ether oxygens (including phenoxy) is 2. The third-order valence-corrected chi connectivity index (χ3v) is 3.56. The van der Waals surface area contributed by atoms with Crippen molar-refractivity contribution < 1.29 is 14.3 Å². The summed E-state index contributed by atoms with van der Waals surface area (Å²) < 4.78 is 10.6. The number of amides is 1. The predicted molar refractivity (Wildman–Crippen MR) is 88.3 cm³/mol. The first-order valence-electron chi connectivity index (χ1n) is 7.56. The molecule has 2 aromatic rings. The highest BCUT2D eigenvalue weighted by Gasteiger charge is 2.14. The standard InChI is InChI=1S/C18H22N2O3/c1-4-18(21)20(13-15-7-5-6-10-19-15)12-14-8-9-16(22-2)17(11-14)23-3/h5-11H,4,12-13H2,1-3H3. The molecule has 0 atom stereocenters. The minimum absolute atomic E-state index is 0.0884. The molecule has 0 aliphatic heterocycles. The highest BCUT2D eigenvalue weighted by molar-refractivity contribution is 5.75. The van der Waals surface area contributed by atoms with Gasteiger partial charge in [-0.2, -0.15) is 0 Å². The molecule has 5 heteroatoms. The van der Waals surface area contributed by atoms with Gasteiger partial charge in [-0.1, -0.05) is 19.1 Å². The summed E-state index contributed by atoms with van der Waals surface area (Å²) in [6.45, 7) is 2.85. The third kappa shape index (κ3) is 4.45. The van der Waals surface area contributed by atoms with Gasteiger partial charge in [-0.05, 0) is 29.8 Å². The number of methoxy groups -OCH3 is 2. The van der Waals surface area contributed by atoms with E-state index in [0.29, 0.717) is 31.0 Å². The molecule has 1 heterocycles. The lowest BCUT2D eigenvalue weighted by Gasteiger charge is -2.22. The second-order valence-corrected chi connectivity index (χ2v) is 5.11.